The van der Waals surface area contributed by atoms with Crippen molar-refractivity contribution in [1.82, 2.24) is 10.3 Å². The van der Waals surface area contributed by atoms with Gasteiger partial charge in [0.15, 0.2) is 0 Å². The van der Waals surface area contributed by atoms with Gasteiger partial charge in [-0.05, 0) is 19.2 Å². The second-order valence-corrected chi connectivity index (χ2v) is 6.74. The maximum absolute atomic E-state index is 4.77. The van der Waals surface area contributed by atoms with Gasteiger partial charge in [-0.15, -0.1) is 11.3 Å². The van der Waals surface area contributed by atoms with Crippen molar-refractivity contribution in [2.24, 2.45) is 0 Å². The Kier molecular flexibility index (Phi) is 4.20. The van der Waals surface area contributed by atoms with Gasteiger partial charge in [0.25, 0.3) is 0 Å². The Morgan fingerprint density at radius 3 is 2.83 bits per heavy atom. The highest BCUT2D eigenvalue weighted by Crippen LogP contribution is 2.30. The molecule has 96 valence electrons. The summed E-state index contributed by atoms with van der Waals surface area (Å²) in [6.07, 6.45) is 0. The average molecular weight is 325 g/mol. The number of hydrogen-bond acceptors (Lipinski definition) is 3. The minimum Gasteiger partial charge on any atom is -0.319 e. The second kappa shape index (κ2) is 5.51. The molecule has 0 aliphatic rings. The quantitative estimate of drug-likeness (QED) is 0.917. The Balaban J connectivity index is 2.31. The molecule has 1 N–H and O–H groups in total. The Morgan fingerprint density at radius 1 is 1.39 bits per heavy atom. The first-order valence-electron chi connectivity index (χ1n) is 5.89. The number of likely N-dealkylation sites (N-methyl/N-ethyl adjacent to an activating group) is 1. The first kappa shape index (κ1) is 13.7. The van der Waals surface area contributed by atoms with E-state index < -0.39 is 0 Å². The third-order valence-electron chi connectivity index (χ3n) is 2.89. The van der Waals surface area contributed by atoms with E-state index in [0.717, 1.165) is 21.7 Å². The van der Waals surface area contributed by atoms with Gasteiger partial charge in [-0.2, -0.15) is 0 Å². The van der Waals surface area contributed by atoms with Crippen LogP contribution in [0, 0.1) is 0 Å². The normalized spacial score (nSPS) is 11.8. The number of aromatic nitrogens is 1. The number of halogens is 1. The van der Waals surface area contributed by atoms with Crippen LogP contribution in [0.2, 0.25) is 0 Å². The lowest BCUT2D eigenvalue weighted by atomic mass is 9.90. The van der Waals surface area contributed by atoms with Crippen LogP contribution in [0.4, 0.5) is 0 Å². The monoisotopic (exact) mass is 324 g/mol. The summed E-state index contributed by atoms with van der Waals surface area (Å²) in [6, 6.07) is 8.27. The Bertz CT molecular complexity index is 534. The van der Waals surface area contributed by atoms with Crippen molar-refractivity contribution in [1.29, 1.82) is 0 Å². The topological polar surface area (TPSA) is 24.9 Å². The van der Waals surface area contributed by atoms with Crippen LogP contribution in [0.15, 0.2) is 34.1 Å². The largest absolute Gasteiger partial charge is 0.319 e. The van der Waals surface area contributed by atoms with E-state index in [9.17, 15) is 0 Å². The number of thiazole rings is 1. The smallest absolute Gasteiger partial charge is 0.123 e. The van der Waals surface area contributed by atoms with E-state index in [4.69, 9.17) is 4.98 Å². The first-order chi connectivity index (χ1) is 8.53. The fourth-order valence-corrected chi connectivity index (χ4v) is 3.28. The molecule has 4 heteroatoms. The minimum absolute atomic E-state index is 0.0650. The number of benzene rings is 1. The molecule has 1 aromatic carbocycles. The van der Waals surface area contributed by atoms with E-state index in [2.05, 4.69) is 52.6 Å². The maximum Gasteiger partial charge on any atom is 0.123 e. The molecule has 2 rings (SSSR count). The highest BCUT2D eigenvalue weighted by Gasteiger charge is 2.23. The highest BCUT2D eigenvalue weighted by atomic mass is 79.9. The van der Waals surface area contributed by atoms with E-state index >= 15 is 0 Å². The molecule has 0 amide bonds. The zero-order chi connectivity index (χ0) is 13.2. The van der Waals surface area contributed by atoms with Crippen molar-refractivity contribution in [3.8, 4) is 10.6 Å². The van der Waals surface area contributed by atoms with Gasteiger partial charge in [0.1, 0.15) is 5.01 Å². The van der Waals surface area contributed by atoms with Gasteiger partial charge < -0.3 is 5.32 Å². The van der Waals surface area contributed by atoms with Crippen LogP contribution in [0.25, 0.3) is 10.6 Å². The van der Waals surface area contributed by atoms with Crippen molar-refractivity contribution in [2.45, 2.75) is 19.3 Å². The summed E-state index contributed by atoms with van der Waals surface area (Å²) in [4.78, 5) is 4.77. The lowest BCUT2D eigenvalue weighted by molar-refractivity contribution is 0.483. The van der Waals surface area contributed by atoms with Crippen LogP contribution in [-0.4, -0.2) is 18.6 Å². The molecular weight excluding hydrogens is 308 g/mol. The van der Waals surface area contributed by atoms with Crippen LogP contribution in [0.5, 0.6) is 0 Å². The third kappa shape index (κ3) is 2.99. The standard InChI is InChI=1S/C14H17BrN2S/c1-14(2,9-16-3)12-8-18-13(17-12)10-5-4-6-11(15)7-10/h4-8,16H,9H2,1-3H3. The Morgan fingerprint density at radius 2 is 2.17 bits per heavy atom. The van der Waals surface area contributed by atoms with E-state index in [-0.39, 0.29) is 5.41 Å². The SMILES string of the molecule is CNCC(C)(C)c1csc(-c2cccc(Br)c2)n1. The summed E-state index contributed by atoms with van der Waals surface area (Å²) in [5.74, 6) is 0. The molecule has 0 atom stereocenters. The molecule has 2 nitrogen and oxygen atoms in total. The molecule has 0 fully saturated rings. The number of nitrogens with zero attached hydrogens (tertiary/aromatic N) is 1. The molecule has 18 heavy (non-hydrogen) atoms. The summed E-state index contributed by atoms with van der Waals surface area (Å²) in [6.45, 7) is 5.35. The van der Waals surface area contributed by atoms with Gasteiger partial charge in [0.2, 0.25) is 0 Å². The zero-order valence-electron chi connectivity index (χ0n) is 10.8. The molecular formula is C14H17BrN2S. The predicted molar refractivity (Wildman–Crippen MR) is 82.2 cm³/mol. The van der Waals surface area contributed by atoms with Gasteiger partial charge in [0.05, 0.1) is 5.69 Å². The molecule has 0 spiro atoms. The fourth-order valence-electron chi connectivity index (χ4n) is 1.87. The van der Waals surface area contributed by atoms with Crippen molar-refractivity contribution in [3.63, 3.8) is 0 Å². The van der Waals surface area contributed by atoms with Gasteiger partial charge in [-0.1, -0.05) is 41.9 Å². The molecule has 0 unspecified atom stereocenters. The summed E-state index contributed by atoms with van der Waals surface area (Å²) in [5.41, 5.74) is 2.38. The van der Waals surface area contributed by atoms with Crippen molar-refractivity contribution in [3.05, 3.63) is 39.8 Å². The van der Waals surface area contributed by atoms with E-state index in [1.165, 1.54) is 5.56 Å². The minimum atomic E-state index is 0.0650. The first-order valence-corrected chi connectivity index (χ1v) is 7.57. The highest BCUT2D eigenvalue weighted by molar-refractivity contribution is 9.10. The Labute approximate surface area is 121 Å². The number of hydrogen-bond donors (Lipinski definition) is 1. The Hall–Kier alpha value is -0.710. The predicted octanol–water partition coefficient (Wildman–Crippen LogP) is 4.07. The van der Waals surface area contributed by atoms with E-state index in [0.29, 0.717) is 0 Å². The zero-order valence-corrected chi connectivity index (χ0v) is 13.2. The maximum atomic E-state index is 4.77. The van der Waals surface area contributed by atoms with Crippen LogP contribution >= 0.6 is 27.3 Å². The third-order valence-corrected chi connectivity index (χ3v) is 4.27. The van der Waals surface area contributed by atoms with E-state index in [1.54, 1.807) is 11.3 Å². The summed E-state index contributed by atoms with van der Waals surface area (Å²) < 4.78 is 1.09. The molecule has 2 aromatic rings. The summed E-state index contributed by atoms with van der Waals surface area (Å²) in [5, 5.41) is 6.46. The van der Waals surface area contributed by atoms with Gasteiger partial charge in [0, 0.05) is 27.4 Å². The van der Waals surface area contributed by atoms with Crippen molar-refractivity contribution in [2.75, 3.05) is 13.6 Å². The van der Waals surface area contributed by atoms with Gasteiger partial charge in [-0.25, -0.2) is 4.98 Å². The van der Waals surface area contributed by atoms with Crippen LogP contribution in [-0.2, 0) is 5.41 Å². The van der Waals surface area contributed by atoms with Gasteiger partial charge >= 0.3 is 0 Å². The molecule has 0 aliphatic carbocycles. The molecule has 0 bridgehead atoms. The lowest BCUT2D eigenvalue weighted by Crippen LogP contribution is -2.30. The summed E-state index contributed by atoms with van der Waals surface area (Å²) >= 11 is 5.20. The number of nitrogens with one attached hydrogen (secondary N) is 1. The molecule has 0 saturated carbocycles. The van der Waals surface area contributed by atoms with Crippen LogP contribution in [0.1, 0.15) is 19.5 Å². The van der Waals surface area contributed by atoms with Crippen LogP contribution in [0.3, 0.4) is 0 Å². The molecule has 0 saturated heterocycles. The average Bonchev–Trinajstić information content (AvgIpc) is 2.78. The second-order valence-electron chi connectivity index (χ2n) is 4.96. The van der Waals surface area contributed by atoms with E-state index in [1.807, 2.05) is 19.2 Å². The number of rotatable bonds is 4. The van der Waals surface area contributed by atoms with Crippen LogP contribution < -0.4 is 5.32 Å². The van der Waals surface area contributed by atoms with Gasteiger partial charge in [-0.3, -0.25) is 0 Å². The van der Waals surface area contributed by atoms with Crippen molar-refractivity contribution < 1.29 is 0 Å². The molecule has 1 aromatic heterocycles. The lowest BCUT2D eigenvalue weighted by Gasteiger charge is -2.21. The molecule has 1 heterocycles. The molecule has 0 radical (unpaired) electrons. The summed E-state index contributed by atoms with van der Waals surface area (Å²) in [7, 11) is 1.98. The van der Waals surface area contributed by atoms with Crippen molar-refractivity contribution >= 4 is 27.3 Å². The molecule has 0 aliphatic heterocycles. The fraction of sp³-hybridized carbons (Fsp3) is 0.357.